The van der Waals surface area contributed by atoms with Gasteiger partial charge in [0.15, 0.2) is 12.1 Å². The lowest BCUT2D eigenvalue weighted by Gasteiger charge is -2.24. The van der Waals surface area contributed by atoms with E-state index in [9.17, 15) is 14.4 Å². The molecule has 1 aliphatic rings. The van der Waals surface area contributed by atoms with Crippen LogP contribution in [0.3, 0.4) is 0 Å². The van der Waals surface area contributed by atoms with Gasteiger partial charge in [0.05, 0.1) is 6.54 Å². The molecule has 164 valence electrons. The van der Waals surface area contributed by atoms with E-state index < -0.39 is 18.2 Å². The Labute approximate surface area is 182 Å². The number of nitrogens with zero attached hydrogens (tertiary/aromatic N) is 1. The van der Waals surface area contributed by atoms with Crippen molar-refractivity contribution >= 4 is 23.6 Å². The molecule has 3 rings (SSSR count). The molecule has 7 nitrogen and oxygen atoms in total. The Morgan fingerprint density at radius 1 is 1.06 bits per heavy atom. The molecule has 1 saturated heterocycles. The van der Waals surface area contributed by atoms with Gasteiger partial charge in [0, 0.05) is 18.2 Å². The van der Waals surface area contributed by atoms with Crippen LogP contribution in [0.15, 0.2) is 54.6 Å². The topological polar surface area (TPSA) is 87.7 Å². The molecule has 2 atom stereocenters. The van der Waals surface area contributed by atoms with Crippen LogP contribution in [0.5, 0.6) is 0 Å². The highest BCUT2D eigenvalue weighted by atomic mass is 16.6. The third-order valence-corrected chi connectivity index (χ3v) is 5.13. The number of amides is 3. The Kier molecular flexibility index (Phi) is 7.28. The number of hydrogen-bond donors (Lipinski definition) is 2. The maximum atomic E-state index is 13.0. The quantitative estimate of drug-likeness (QED) is 0.675. The average Bonchev–Trinajstić information content (AvgIpc) is 3.09. The number of carbonyl (C=O) groups is 3. The smallest absolute Gasteiger partial charge is 0.411 e. The minimum Gasteiger partial charge on any atom is -0.438 e. The predicted octanol–water partition coefficient (Wildman–Crippen LogP) is 3.87. The molecule has 0 bridgehead atoms. The van der Waals surface area contributed by atoms with Gasteiger partial charge in [-0.3, -0.25) is 14.5 Å². The van der Waals surface area contributed by atoms with Crippen LogP contribution >= 0.6 is 0 Å². The van der Waals surface area contributed by atoms with Crippen molar-refractivity contribution in [1.82, 2.24) is 10.2 Å². The van der Waals surface area contributed by atoms with Gasteiger partial charge in [-0.15, -0.1) is 0 Å². The van der Waals surface area contributed by atoms with Gasteiger partial charge in [-0.25, -0.2) is 4.79 Å². The lowest BCUT2D eigenvalue weighted by molar-refractivity contribution is -0.126. The molecule has 1 fully saturated rings. The summed E-state index contributed by atoms with van der Waals surface area (Å²) < 4.78 is 5.64. The highest BCUT2D eigenvalue weighted by Gasteiger charge is 2.46. The van der Waals surface area contributed by atoms with Crippen LogP contribution in [0.2, 0.25) is 0 Å². The van der Waals surface area contributed by atoms with Crippen molar-refractivity contribution in [3.8, 4) is 0 Å². The minimum absolute atomic E-state index is 0.0779. The van der Waals surface area contributed by atoms with Gasteiger partial charge in [-0.2, -0.15) is 0 Å². The van der Waals surface area contributed by atoms with Crippen molar-refractivity contribution < 1.29 is 19.1 Å². The summed E-state index contributed by atoms with van der Waals surface area (Å²) >= 11 is 0. The van der Waals surface area contributed by atoms with E-state index in [1.165, 1.54) is 4.90 Å². The van der Waals surface area contributed by atoms with Crippen molar-refractivity contribution in [3.63, 3.8) is 0 Å². The van der Waals surface area contributed by atoms with E-state index in [4.69, 9.17) is 4.74 Å². The SMILES string of the molecule is CCCNC(=O)C1C(c2ccc(NC(=O)C(C)C)cc2)OC(=O)N1Cc1ccccc1. The van der Waals surface area contributed by atoms with Crippen LogP contribution in [0.4, 0.5) is 10.5 Å². The van der Waals surface area contributed by atoms with Crippen LogP contribution in [0, 0.1) is 5.92 Å². The second-order valence-electron chi connectivity index (χ2n) is 7.92. The van der Waals surface area contributed by atoms with E-state index in [1.54, 1.807) is 24.3 Å². The summed E-state index contributed by atoms with van der Waals surface area (Å²) in [5.41, 5.74) is 2.27. The molecule has 2 unspecified atom stereocenters. The Hall–Kier alpha value is -3.35. The maximum absolute atomic E-state index is 13.0. The Balaban J connectivity index is 1.84. The fraction of sp³-hybridized carbons (Fsp3) is 0.375. The molecular weight excluding hydrogens is 394 g/mol. The molecule has 1 heterocycles. The van der Waals surface area contributed by atoms with Crippen molar-refractivity contribution in [3.05, 3.63) is 65.7 Å². The van der Waals surface area contributed by atoms with Gasteiger partial charge in [-0.05, 0) is 29.7 Å². The zero-order valence-electron chi connectivity index (χ0n) is 18.1. The number of benzene rings is 2. The lowest BCUT2D eigenvalue weighted by atomic mass is 10.00. The molecular formula is C24H29N3O4. The first-order chi connectivity index (χ1) is 14.9. The highest BCUT2D eigenvalue weighted by Crippen LogP contribution is 2.34. The van der Waals surface area contributed by atoms with Crippen molar-refractivity contribution in [2.45, 2.75) is 45.9 Å². The third-order valence-electron chi connectivity index (χ3n) is 5.13. The van der Waals surface area contributed by atoms with Gasteiger partial charge < -0.3 is 15.4 Å². The molecule has 0 saturated carbocycles. The fourth-order valence-corrected chi connectivity index (χ4v) is 3.39. The number of cyclic esters (lactones) is 1. The first-order valence-electron chi connectivity index (χ1n) is 10.6. The van der Waals surface area contributed by atoms with Gasteiger partial charge in [0.25, 0.3) is 0 Å². The fourth-order valence-electron chi connectivity index (χ4n) is 3.39. The van der Waals surface area contributed by atoms with Gasteiger partial charge in [0.1, 0.15) is 0 Å². The Morgan fingerprint density at radius 3 is 2.35 bits per heavy atom. The summed E-state index contributed by atoms with van der Waals surface area (Å²) in [7, 11) is 0. The van der Waals surface area contributed by atoms with E-state index in [0.29, 0.717) is 17.8 Å². The van der Waals surface area contributed by atoms with E-state index in [-0.39, 0.29) is 24.3 Å². The van der Waals surface area contributed by atoms with Gasteiger partial charge in [-0.1, -0.05) is 63.2 Å². The van der Waals surface area contributed by atoms with Crippen molar-refractivity contribution in [2.24, 2.45) is 5.92 Å². The van der Waals surface area contributed by atoms with Crippen LogP contribution in [-0.2, 0) is 20.9 Å². The molecule has 0 aliphatic carbocycles. The molecule has 2 aromatic rings. The second kappa shape index (κ2) is 10.1. The van der Waals surface area contributed by atoms with E-state index in [2.05, 4.69) is 10.6 Å². The molecule has 2 aromatic carbocycles. The third kappa shape index (κ3) is 5.42. The lowest BCUT2D eigenvalue weighted by Crippen LogP contribution is -2.46. The molecule has 7 heteroatoms. The summed E-state index contributed by atoms with van der Waals surface area (Å²) in [5.74, 6) is -0.453. The van der Waals surface area contributed by atoms with Gasteiger partial charge >= 0.3 is 6.09 Å². The molecule has 3 amide bonds. The second-order valence-corrected chi connectivity index (χ2v) is 7.92. The number of anilines is 1. The molecule has 1 aliphatic heterocycles. The summed E-state index contributed by atoms with van der Waals surface area (Å²) in [6, 6.07) is 15.8. The summed E-state index contributed by atoms with van der Waals surface area (Å²) in [6.07, 6.45) is -0.466. The van der Waals surface area contributed by atoms with E-state index in [1.807, 2.05) is 51.1 Å². The average molecular weight is 424 g/mol. The van der Waals surface area contributed by atoms with Crippen molar-refractivity contribution in [1.29, 1.82) is 0 Å². The first-order valence-corrected chi connectivity index (χ1v) is 10.6. The summed E-state index contributed by atoms with van der Waals surface area (Å²) in [4.78, 5) is 39.1. The summed E-state index contributed by atoms with van der Waals surface area (Å²) in [5, 5.41) is 5.73. The van der Waals surface area contributed by atoms with Crippen LogP contribution in [0.25, 0.3) is 0 Å². The largest absolute Gasteiger partial charge is 0.438 e. The van der Waals surface area contributed by atoms with Crippen molar-refractivity contribution in [2.75, 3.05) is 11.9 Å². The molecule has 31 heavy (non-hydrogen) atoms. The normalized spacial score (nSPS) is 18.1. The zero-order valence-corrected chi connectivity index (χ0v) is 18.1. The molecule has 2 N–H and O–H groups in total. The minimum atomic E-state index is -0.782. The monoisotopic (exact) mass is 423 g/mol. The number of rotatable bonds is 8. The van der Waals surface area contributed by atoms with Crippen LogP contribution in [0.1, 0.15) is 44.4 Å². The predicted molar refractivity (Wildman–Crippen MR) is 118 cm³/mol. The maximum Gasteiger partial charge on any atom is 0.411 e. The molecule has 0 radical (unpaired) electrons. The van der Waals surface area contributed by atoms with Crippen LogP contribution < -0.4 is 10.6 Å². The van der Waals surface area contributed by atoms with E-state index >= 15 is 0 Å². The Bertz CT molecular complexity index is 912. The number of hydrogen-bond acceptors (Lipinski definition) is 4. The van der Waals surface area contributed by atoms with Crippen LogP contribution in [-0.4, -0.2) is 35.4 Å². The van der Waals surface area contributed by atoms with Gasteiger partial charge in [0.2, 0.25) is 11.8 Å². The number of ether oxygens (including phenoxy) is 1. The first kappa shape index (κ1) is 22.3. The molecule has 0 spiro atoms. The Morgan fingerprint density at radius 2 is 1.74 bits per heavy atom. The molecule has 0 aromatic heterocycles. The highest BCUT2D eigenvalue weighted by molar-refractivity contribution is 5.92. The summed E-state index contributed by atoms with van der Waals surface area (Å²) in [6.45, 7) is 6.42. The number of nitrogens with one attached hydrogen (secondary N) is 2. The number of carbonyl (C=O) groups excluding carboxylic acids is 3. The van der Waals surface area contributed by atoms with E-state index in [0.717, 1.165) is 12.0 Å². The standard InChI is InChI=1S/C24H29N3O4/c1-4-14-25-23(29)20-21(18-10-12-19(13-11-18)26-22(28)16(2)3)31-24(30)27(20)15-17-8-6-5-7-9-17/h5-13,16,20-21H,4,14-15H2,1-3H3,(H,25,29)(H,26,28). The zero-order chi connectivity index (χ0) is 22.4.